The van der Waals surface area contributed by atoms with Crippen molar-refractivity contribution in [2.75, 3.05) is 26.2 Å². The molecule has 1 saturated heterocycles. The minimum absolute atomic E-state index is 0.0620. The number of hydrogen-bond acceptors (Lipinski definition) is 6. The number of morpholine rings is 1. The molecule has 0 spiro atoms. The number of aryl methyl sites for hydroxylation is 1. The van der Waals surface area contributed by atoms with Crippen LogP contribution in [0.3, 0.4) is 0 Å². The van der Waals surface area contributed by atoms with Crippen LogP contribution in [-0.2, 0) is 21.8 Å². The second-order valence-corrected chi connectivity index (χ2v) is 9.91. The number of aromatic nitrogens is 1. The van der Waals surface area contributed by atoms with Crippen LogP contribution < -0.4 is 10.5 Å². The van der Waals surface area contributed by atoms with Crippen LogP contribution in [-0.4, -0.2) is 50.2 Å². The number of nitrogens with zero attached hydrogens (tertiary/aromatic N) is 2. The normalized spacial score (nSPS) is 18.8. The fourth-order valence-electron chi connectivity index (χ4n) is 3.92. The van der Waals surface area contributed by atoms with Crippen molar-refractivity contribution < 1.29 is 22.0 Å². The molecule has 1 aliphatic rings. The number of hydrogen-bond donors (Lipinski definition) is 1. The van der Waals surface area contributed by atoms with E-state index in [1.54, 1.807) is 6.07 Å². The molecule has 8 nitrogen and oxygen atoms in total. The van der Waals surface area contributed by atoms with Gasteiger partial charge in [0, 0.05) is 43.3 Å². The SMILES string of the molecule is CC1CN(C(CNS(=O)(=O)c2ccc3c(c2)oc(=O)n3C)c2c(F)cccc2Cl)CCO1. The fraction of sp³-hybridized carbons (Fsp3) is 0.381. The van der Waals surface area contributed by atoms with E-state index < -0.39 is 27.6 Å². The molecule has 172 valence electrons. The first kappa shape index (κ1) is 22.9. The minimum atomic E-state index is -3.98. The minimum Gasteiger partial charge on any atom is -0.408 e. The third-order valence-corrected chi connectivity index (χ3v) is 7.34. The van der Waals surface area contributed by atoms with E-state index >= 15 is 0 Å². The number of rotatable bonds is 6. The molecule has 2 unspecified atom stereocenters. The van der Waals surface area contributed by atoms with Crippen LogP contribution in [0.1, 0.15) is 18.5 Å². The molecule has 0 bridgehead atoms. The Balaban J connectivity index is 1.64. The van der Waals surface area contributed by atoms with Crippen LogP contribution in [0.2, 0.25) is 5.02 Å². The zero-order valence-corrected chi connectivity index (χ0v) is 19.1. The van der Waals surface area contributed by atoms with Crippen molar-refractivity contribution in [3.63, 3.8) is 0 Å². The van der Waals surface area contributed by atoms with Crippen molar-refractivity contribution in [3.05, 3.63) is 63.4 Å². The molecule has 1 aliphatic heterocycles. The lowest BCUT2D eigenvalue weighted by Crippen LogP contribution is -2.46. The van der Waals surface area contributed by atoms with E-state index in [1.807, 2.05) is 11.8 Å². The van der Waals surface area contributed by atoms with Gasteiger partial charge in [0.05, 0.1) is 29.2 Å². The van der Waals surface area contributed by atoms with Crippen molar-refractivity contribution in [1.82, 2.24) is 14.2 Å². The Morgan fingerprint density at radius 2 is 2.09 bits per heavy atom. The predicted octanol–water partition coefficient (Wildman–Crippen LogP) is 2.66. The van der Waals surface area contributed by atoms with Gasteiger partial charge in [-0.3, -0.25) is 9.47 Å². The van der Waals surface area contributed by atoms with E-state index in [9.17, 15) is 17.6 Å². The Kier molecular flexibility index (Phi) is 6.42. The molecule has 1 aromatic heterocycles. The predicted molar refractivity (Wildman–Crippen MR) is 118 cm³/mol. The van der Waals surface area contributed by atoms with Gasteiger partial charge in [0.1, 0.15) is 5.82 Å². The average Bonchev–Trinajstić information content (AvgIpc) is 3.03. The van der Waals surface area contributed by atoms with Crippen LogP contribution in [0.5, 0.6) is 0 Å². The number of nitrogens with one attached hydrogen (secondary N) is 1. The maximum Gasteiger partial charge on any atom is 0.419 e. The van der Waals surface area contributed by atoms with Gasteiger partial charge in [-0.1, -0.05) is 17.7 Å². The second kappa shape index (κ2) is 8.95. The van der Waals surface area contributed by atoms with Crippen molar-refractivity contribution in [2.24, 2.45) is 7.05 Å². The van der Waals surface area contributed by atoms with Gasteiger partial charge in [0.15, 0.2) is 5.58 Å². The number of halogens is 2. The summed E-state index contributed by atoms with van der Waals surface area (Å²) in [7, 11) is -2.45. The standard InChI is InChI=1S/C21H23ClFN3O5S/c1-13-12-26(8-9-30-13)18(20-15(22)4-3-5-16(20)23)11-24-32(28,29)14-6-7-17-19(10-14)31-21(27)25(17)2/h3-7,10,13,18,24H,8-9,11-12H2,1-2H3. The highest BCUT2D eigenvalue weighted by atomic mass is 35.5. The van der Waals surface area contributed by atoms with Gasteiger partial charge in [-0.25, -0.2) is 22.3 Å². The quantitative estimate of drug-likeness (QED) is 0.579. The molecule has 0 aliphatic carbocycles. The summed E-state index contributed by atoms with van der Waals surface area (Å²) in [6.07, 6.45) is -0.0863. The van der Waals surface area contributed by atoms with Crippen LogP contribution in [0, 0.1) is 5.82 Å². The van der Waals surface area contributed by atoms with Gasteiger partial charge < -0.3 is 9.15 Å². The molecule has 4 rings (SSSR count). The van der Waals surface area contributed by atoms with Crippen molar-refractivity contribution in [2.45, 2.75) is 24.0 Å². The third kappa shape index (κ3) is 4.46. The molecular formula is C21H23ClFN3O5S. The molecule has 3 aromatic rings. The van der Waals surface area contributed by atoms with E-state index in [1.165, 1.54) is 41.9 Å². The van der Waals surface area contributed by atoms with Gasteiger partial charge >= 0.3 is 5.76 Å². The molecule has 11 heteroatoms. The third-order valence-electron chi connectivity index (χ3n) is 5.59. The lowest BCUT2D eigenvalue weighted by Gasteiger charge is -2.38. The zero-order valence-electron chi connectivity index (χ0n) is 17.5. The Morgan fingerprint density at radius 1 is 1.31 bits per heavy atom. The van der Waals surface area contributed by atoms with Crippen LogP contribution in [0.4, 0.5) is 4.39 Å². The van der Waals surface area contributed by atoms with Gasteiger partial charge in [0.25, 0.3) is 0 Å². The number of fused-ring (bicyclic) bond motifs is 1. The molecule has 32 heavy (non-hydrogen) atoms. The molecule has 2 heterocycles. The van der Waals surface area contributed by atoms with Gasteiger partial charge in [-0.15, -0.1) is 0 Å². The maximum absolute atomic E-state index is 14.7. The van der Waals surface area contributed by atoms with E-state index in [2.05, 4.69) is 4.72 Å². The maximum atomic E-state index is 14.7. The monoisotopic (exact) mass is 483 g/mol. The molecule has 1 N–H and O–H groups in total. The lowest BCUT2D eigenvalue weighted by molar-refractivity contribution is -0.0342. The van der Waals surface area contributed by atoms with Crippen LogP contribution in [0.15, 0.2) is 50.5 Å². The number of benzene rings is 2. The Bertz CT molecular complexity index is 1290. The van der Waals surface area contributed by atoms with E-state index in [4.69, 9.17) is 20.8 Å². The molecule has 0 amide bonds. The fourth-order valence-corrected chi connectivity index (χ4v) is 5.27. The largest absolute Gasteiger partial charge is 0.419 e. The van der Waals surface area contributed by atoms with Crippen LogP contribution >= 0.6 is 11.6 Å². The highest BCUT2D eigenvalue weighted by Gasteiger charge is 2.30. The molecule has 0 radical (unpaired) electrons. The zero-order chi connectivity index (χ0) is 23.0. The summed E-state index contributed by atoms with van der Waals surface area (Å²) >= 11 is 6.31. The van der Waals surface area contributed by atoms with E-state index in [0.29, 0.717) is 25.2 Å². The highest BCUT2D eigenvalue weighted by molar-refractivity contribution is 7.89. The first-order valence-electron chi connectivity index (χ1n) is 10.1. The number of sulfonamides is 1. The molecule has 1 fully saturated rings. The van der Waals surface area contributed by atoms with Gasteiger partial charge in [0.2, 0.25) is 10.0 Å². The second-order valence-electron chi connectivity index (χ2n) is 7.74. The van der Waals surface area contributed by atoms with E-state index in [0.717, 1.165) is 0 Å². The summed E-state index contributed by atoms with van der Waals surface area (Å²) < 4.78 is 55.3. The average molecular weight is 484 g/mol. The van der Waals surface area contributed by atoms with Crippen molar-refractivity contribution in [3.8, 4) is 0 Å². The smallest absolute Gasteiger partial charge is 0.408 e. The van der Waals surface area contributed by atoms with E-state index in [-0.39, 0.29) is 33.7 Å². The number of oxazole rings is 1. The number of ether oxygens (including phenoxy) is 1. The van der Waals surface area contributed by atoms with Gasteiger partial charge in [-0.2, -0.15) is 0 Å². The van der Waals surface area contributed by atoms with Crippen LogP contribution in [0.25, 0.3) is 11.1 Å². The summed E-state index contributed by atoms with van der Waals surface area (Å²) in [6.45, 7) is 3.24. The summed E-state index contributed by atoms with van der Waals surface area (Å²) in [5.41, 5.74) is 0.874. The Labute approximate surface area is 189 Å². The first-order valence-corrected chi connectivity index (χ1v) is 11.9. The Morgan fingerprint density at radius 3 is 2.81 bits per heavy atom. The van der Waals surface area contributed by atoms with Crippen molar-refractivity contribution in [1.29, 1.82) is 0 Å². The molecule has 2 atom stereocenters. The summed E-state index contributed by atoms with van der Waals surface area (Å²) in [5.74, 6) is -1.09. The summed E-state index contributed by atoms with van der Waals surface area (Å²) in [6, 6.07) is 7.94. The molecule has 0 saturated carbocycles. The van der Waals surface area contributed by atoms with Crippen molar-refractivity contribution >= 4 is 32.7 Å². The first-order chi connectivity index (χ1) is 15.2. The Hall–Kier alpha value is -2.24. The summed E-state index contributed by atoms with van der Waals surface area (Å²) in [5, 5.41) is 0.223. The topological polar surface area (TPSA) is 93.8 Å². The summed E-state index contributed by atoms with van der Waals surface area (Å²) in [4.78, 5) is 13.6. The molecular weight excluding hydrogens is 461 g/mol. The lowest BCUT2D eigenvalue weighted by atomic mass is 10.0. The molecule has 2 aromatic carbocycles. The highest BCUT2D eigenvalue weighted by Crippen LogP contribution is 2.31. The van der Waals surface area contributed by atoms with Gasteiger partial charge in [-0.05, 0) is 31.2 Å².